The Kier molecular flexibility index (Phi) is 5.20. The molecule has 28 heavy (non-hydrogen) atoms. The second kappa shape index (κ2) is 7.93. The molecule has 0 aliphatic carbocycles. The van der Waals surface area contributed by atoms with Crippen LogP contribution >= 0.6 is 0 Å². The second-order valence-electron chi connectivity index (χ2n) is 7.60. The topological polar surface area (TPSA) is 37.3 Å². The van der Waals surface area contributed by atoms with E-state index in [0.717, 1.165) is 42.9 Å². The molecule has 4 heteroatoms. The van der Waals surface area contributed by atoms with E-state index in [2.05, 4.69) is 71.2 Å². The summed E-state index contributed by atoms with van der Waals surface area (Å²) in [7, 11) is 0. The van der Waals surface area contributed by atoms with E-state index in [9.17, 15) is 4.79 Å². The Balaban J connectivity index is 1.43. The minimum Gasteiger partial charge on any atom is -0.364 e. The highest BCUT2D eigenvalue weighted by molar-refractivity contribution is 5.93. The molecule has 1 aliphatic heterocycles. The van der Waals surface area contributed by atoms with Crippen LogP contribution in [0.15, 0.2) is 60.8 Å². The molecule has 4 rings (SSSR count). The average molecular weight is 374 g/mol. The minimum atomic E-state index is 0.0682. The first-order chi connectivity index (χ1) is 13.6. The highest BCUT2D eigenvalue weighted by Crippen LogP contribution is 2.29. The molecule has 1 aromatic heterocycles. The van der Waals surface area contributed by atoms with E-state index in [-0.39, 0.29) is 5.91 Å². The Morgan fingerprint density at radius 1 is 1.00 bits per heavy atom. The smallest absolute Gasteiger partial charge is 0.224 e. The number of fused-ring (bicyclic) bond motifs is 1. The maximum atomic E-state index is 12.5. The Labute approximate surface area is 166 Å². The quantitative estimate of drug-likeness (QED) is 0.704. The zero-order valence-corrected chi connectivity index (χ0v) is 16.6. The average Bonchev–Trinajstić information content (AvgIpc) is 3.17. The second-order valence-corrected chi connectivity index (χ2v) is 7.60. The number of hydrogen-bond acceptors (Lipinski definition) is 2. The molecule has 0 radical (unpaired) electrons. The highest BCUT2D eigenvalue weighted by atomic mass is 16.1. The molecular formula is C24H27N3O. The molecule has 4 nitrogen and oxygen atoms in total. The molecular weight excluding hydrogens is 346 g/mol. The predicted octanol–water partition coefficient (Wildman–Crippen LogP) is 4.70. The molecule has 1 N–H and O–H groups in total. The summed E-state index contributed by atoms with van der Waals surface area (Å²) in [4.78, 5) is 14.9. The lowest BCUT2D eigenvalue weighted by Crippen LogP contribution is -2.33. The van der Waals surface area contributed by atoms with Gasteiger partial charge in [-0.05, 0) is 61.2 Å². The van der Waals surface area contributed by atoms with Gasteiger partial charge in [0.2, 0.25) is 5.91 Å². The van der Waals surface area contributed by atoms with E-state index < -0.39 is 0 Å². The van der Waals surface area contributed by atoms with Crippen molar-refractivity contribution in [1.29, 1.82) is 0 Å². The molecule has 2 aromatic carbocycles. The molecule has 3 aromatic rings. The maximum Gasteiger partial charge on any atom is 0.224 e. The van der Waals surface area contributed by atoms with Gasteiger partial charge in [0, 0.05) is 42.8 Å². The van der Waals surface area contributed by atoms with Gasteiger partial charge in [-0.15, -0.1) is 0 Å². The van der Waals surface area contributed by atoms with Crippen LogP contribution in [0.3, 0.4) is 0 Å². The summed E-state index contributed by atoms with van der Waals surface area (Å²) < 4.78 is 2.32. The number of amides is 1. The minimum absolute atomic E-state index is 0.0682. The molecule has 0 spiro atoms. The molecule has 0 fully saturated rings. The van der Waals surface area contributed by atoms with Crippen molar-refractivity contribution >= 4 is 17.3 Å². The fraction of sp³-hybridized carbons (Fsp3) is 0.292. The summed E-state index contributed by atoms with van der Waals surface area (Å²) in [6, 6.07) is 18.8. The molecule has 0 unspecified atom stereocenters. The van der Waals surface area contributed by atoms with Gasteiger partial charge in [0.15, 0.2) is 0 Å². The largest absolute Gasteiger partial charge is 0.364 e. The summed E-state index contributed by atoms with van der Waals surface area (Å²) in [6.45, 7) is 7.10. The summed E-state index contributed by atoms with van der Waals surface area (Å²) >= 11 is 0. The van der Waals surface area contributed by atoms with Crippen molar-refractivity contribution in [2.75, 3.05) is 16.8 Å². The molecule has 0 atom stereocenters. The van der Waals surface area contributed by atoms with E-state index in [1.54, 1.807) is 0 Å². The lowest BCUT2D eigenvalue weighted by molar-refractivity contribution is -0.116. The third-order valence-corrected chi connectivity index (χ3v) is 5.52. The number of hydrogen-bond donors (Lipinski definition) is 1. The van der Waals surface area contributed by atoms with E-state index in [1.165, 1.54) is 16.9 Å². The number of aromatic nitrogens is 1. The number of carbonyl (C=O) groups excluding carboxylic acids is 1. The van der Waals surface area contributed by atoms with Crippen LogP contribution in [0.1, 0.15) is 28.8 Å². The van der Waals surface area contributed by atoms with Crippen molar-refractivity contribution in [1.82, 2.24) is 4.57 Å². The van der Waals surface area contributed by atoms with Crippen molar-refractivity contribution in [3.05, 3.63) is 83.2 Å². The first kappa shape index (κ1) is 18.4. The van der Waals surface area contributed by atoms with E-state index in [1.807, 2.05) is 18.2 Å². The van der Waals surface area contributed by atoms with Crippen molar-refractivity contribution in [2.24, 2.45) is 0 Å². The van der Waals surface area contributed by atoms with Crippen molar-refractivity contribution in [3.8, 4) is 0 Å². The number of anilines is 2. The lowest BCUT2D eigenvalue weighted by atomic mass is 10.1. The zero-order valence-electron chi connectivity index (χ0n) is 16.6. The Morgan fingerprint density at radius 3 is 2.50 bits per heavy atom. The zero-order chi connectivity index (χ0) is 19.5. The third kappa shape index (κ3) is 3.96. The Morgan fingerprint density at radius 2 is 1.75 bits per heavy atom. The van der Waals surface area contributed by atoms with Gasteiger partial charge in [0.25, 0.3) is 0 Å². The van der Waals surface area contributed by atoms with Gasteiger partial charge in [0.05, 0.1) is 6.54 Å². The van der Waals surface area contributed by atoms with E-state index in [0.29, 0.717) is 6.42 Å². The Hall–Kier alpha value is -3.01. The number of rotatable bonds is 5. The van der Waals surface area contributed by atoms with Gasteiger partial charge in [-0.2, -0.15) is 0 Å². The molecule has 144 valence electrons. The summed E-state index contributed by atoms with van der Waals surface area (Å²) in [5, 5.41) is 3.13. The van der Waals surface area contributed by atoms with Crippen LogP contribution in [0.25, 0.3) is 0 Å². The SMILES string of the molecule is Cc1cc(N2CCn3cccc3C2)cc(C)c1NC(=O)CCc1ccccc1. The normalized spacial score (nSPS) is 13.3. The van der Waals surface area contributed by atoms with Gasteiger partial charge in [-0.1, -0.05) is 30.3 Å². The number of nitrogens with one attached hydrogen (secondary N) is 1. The van der Waals surface area contributed by atoms with Gasteiger partial charge < -0.3 is 14.8 Å². The number of carbonyl (C=O) groups is 1. The lowest BCUT2D eigenvalue weighted by Gasteiger charge is -2.31. The monoisotopic (exact) mass is 373 g/mol. The maximum absolute atomic E-state index is 12.5. The van der Waals surface area contributed by atoms with E-state index in [4.69, 9.17) is 0 Å². The van der Waals surface area contributed by atoms with Crippen molar-refractivity contribution in [3.63, 3.8) is 0 Å². The van der Waals surface area contributed by atoms with E-state index >= 15 is 0 Å². The fourth-order valence-corrected chi connectivity index (χ4v) is 3.96. The molecule has 2 heterocycles. The van der Waals surface area contributed by atoms with Crippen LogP contribution in [-0.2, 0) is 24.3 Å². The van der Waals surface area contributed by atoms with Crippen LogP contribution in [0.4, 0.5) is 11.4 Å². The van der Waals surface area contributed by atoms with Gasteiger partial charge in [0.1, 0.15) is 0 Å². The van der Waals surface area contributed by atoms with Crippen LogP contribution in [-0.4, -0.2) is 17.0 Å². The van der Waals surface area contributed by atoms with Crippen LogP contribution < -0.4 is 10.2 Å². The molecule has 1 aliphatic rings. The predicted molar refractivity (Wildman–Crippen MR) is 115 cm³/mol. The molecule has 0 saturated carbocycles. The van der Waals surface area contributed by atoms with Gasteiger partial charge in [-0.3, -0.25) is 4.79 Å². The molecule has 1 amide bonds. The third-order valence-electron chi connectivity index (χ3n) is 5.52. The fourth-order valence-electron chi connectivity index (χ4n) is 3.96. The first-order valence-corrected chi connectivity index (χ1v) is 9.94. The van der Waals surface area contributed by atoms with Gasteiger partial charge in [-0.25, -0.2) is 0 Å². The standard InChI is InChI=1S/C24H27N3O/c1-18-15-22(27-14-13-26-12-6-9-21(26)17-27)16-19(2)24(18)25-23(28)11-10-20-7-4-3-5-8-20/h3-9,12,15-16H,10-11,13-14,17H2,1-2H3,(H,25,28). The Bertz CT molecular complexity index is 952. The number of benzene rings is 2. The van der Waals surface area contributed by atoms with Crippen LogP contribution in [0.5, 0.6) is 0 Å². The van der Waals surface area contributed by atoms with Crippen LogP contribution in [0, 0.1) is 13.8 Å². The molecule has 0 bridgehead atoms. The number of aryl methyl sites for hydroxylation is 3. The summed E-state index contributed by atoms with van der Waals surface area (Å²) in [5.74, 6) is 0.0682. The number of nitrogens with zero attached hydrogens (tertiary/aromatic N) is 2. The van der Waals surface area contributed by atoms with Crippen LogP contribution in [0.2, 0.25) is 0 Å². The summed E-state index contributed by atoms with van der Waals surface area (Å²) in [5.41, 5.74) is 6.94. The van der Waals surface area contributed by atoms with Gasteiger partial charge >= 0.3 is 0 Å². The summed E-state index contributed by atoms with van der Waals surface area (Å²) in [6.07, 6.45) is 3.40. The highest BCUT2D eigenvalue weighted by Gasteiger charge is 2.18. The van der Waals surface area contributed by atoms with Crippen molar-refractivity contribution < 1.29 is 4.79 Å². The first-order valence-electron chi connectivity index (χ1n) is 9.94. The van der Waals surface area contributed by atoms with Crippen molar-refractivity contribution in [2.45, 2.75) is 39.8 Å². The molecule has 0 saturated heterocycles.